The third-order valence-electron chi connectivity index (χ3n) is 9.30. The Morgan fingerprint density at radius 1 is 0.295 bits per heavy atom. The lowest BCUT2D eigenvalue weighted by Gasteiger charge is -2.32. The highest BCUT2D eigenvalue weighted by Gasteiger charge is 2.61. The van der Waals surface area contributed by atoms with Crippen LogP contribution in [0.1, 0.15) is 0 Å². The highest BCUT2D eigenvalue weighted by Crippen LogP contribution is 2.34. The average molecular weight is 617 g/mol. The fourth-order valence-electron chi connectivity index (χ4n) is 7.32. The van der Waals surface area contributed by atoms with Gasteiger partial charge in [-0.05, 0) is 0 Å². The molecule has 0 spiro atoms. The molecule has 0 aromatic carbocycles. The lowest BCUT2D eigenvalue weighted by molar-refractivity contribution is 0.109. The van der Waals surface area contributed by atoms with Crippen molar-refractivity contribution in [1.29, 1.82) is 0 Å². The van der Waals surface area contributed by atoms with E-state index in [-0.39, 0.29) is 26.7 Å². The van der Waals surface area contributed by atoms with Gasteiger partial charge in [-0.15, -0.1) is 0 Å². The Balaban J connectivity index is 1.15. The molecule has 16 amide bonds. The minimum absolute atomic E-state index is 0.383. The number of fused-ring (bicyclic) bond motifs is 20. The van der Waals surface area contributed by atoms with Crippen molar-refractivity contribution in [2.75, 3.05) is 26.7 Å². The van der Waals surface area contributed by atoms with Crippen LogP contribution in [-0.4, -0.2) is 163 Å². The molecular weight excluding hydrogens is 592 g/mol. The summed E-state index contributed by atoms with van der Waals surface area (Å²) in [5.41, 5.74) is 0. The third-order valence-corrected chi connectivity index (χ3v) is 9.30. The van der Waals surface area contributed by atoms with Crippen LogP contribution in [0.4, 0.5) is 38.4 Å². The summed E-state index contributed by atoms with van der Waals surface area (Å²) in [6.07, 6.45) is -7.63. The second-order valence-corrected chi connectivity index (χ2v) is 11.5. The van der Waals surface area contributed by atoms with E-state index in [4.69, 9.17) is 0 Å². The van der Waals surface area contributed by atoms with Crippen molar-refractivity contribution in [2.24, 2.45) is 0 Å². The van der Waals surface area contributed by atoms with Crippen LogP contribution in [0.2, 0.25) is 0 Å². The fraction of sp³-hybridized carbons (Fsp3) is 0.600. The van der Waals surface area contributed by atoms with Crippen LogP contribution in [0, 0.1) is 0 Å². The Bertz CT molecular complexity index is 1190. The second-order valence-electron chi connectivity index (χ2n) is 11.5. The van der Waals surface area contributed by atoms with Crippen molar-refractivity contribution in [1.82, 2.24) is 81.7 Å². The van der Waals surface area contributed by atoms with Crippen molar-refractivity contribution in [2.45, 2.75) is 49.3 Å². The van der Waals surface area contributed by atoms with E-state index >= 15 is 0 Å². The number of hydrogen-bond acceptors (Lipinski definition) is 8. The topological polar surface area (TPSA) is 259 Å². The fourth-order valence-corrected chi connectivity index (χ4v) is 7.32. The largest absolute Gasteiger partial charge is 0.326 e. The van der Waals surface area contributed by atoms with E-state index in [0.717, 1.165) is 0 Å². The molecule has 9 saturated heterocycles. The second kappa shape index (κ2) is 7.95. The van der Waals surface area contributed by atoms with Gasteiger partial charge in [0.15, 0.2) is 0 Å². The average Bonchev–Trinajstić information content (AvgIpc) is 3.82. The maximum atomic E-state index is 13.9. The van der Waals surface area contributed by atoms with E-state index in [1.165, 1.54) is 39.2 Å². The van der Waals surface area contributed by atoms with Crippen LogP contribution in [0.15, 0.2) is 0 Å². The van der Waals surface area contributed by atoms with Crippen LogP contribution < -0.4 is 42.5 Å². The molecule has 9 aliphatic heterocycles. The summed E-state index contributed by atoms with van der Waals surface area (Å²) in [5, 5.41) is 21.2. The Labute approximate surface area is 244 Å². The van der Waals surface area contributed by atoms with Gasteiger partial charge in [-0.25, -0.2) is 38.4 Å². The molecule has 0 aromatic rings. The number of nitrogens with zero attached hydrogens (tertiary/aromatic N) is 8. The first-order chi connectivity index (χ1) is 21.1. The van der Waals surface area contributed by atoms with Gasteiger partial charge in [0.25, 0.3) is 0 Å². The Hall–Kier alpha value is -5.84. The molecular formula is C20H24N16O8. The molecule has 0 saturated carbocycles. The van der Waals surface area contributed by atoms with Gasteiger partial charge >= 0.3 is 48.2 Å². The van der Waals surface area contributed by atoms with Gasteiger partial charge in [0, 0.05) is 0 Å². The lowest BCUT2D eigenvalue weighted by Crippen LogP contribution is -2.56. The summed E-state index contributed by atoms with van der Waals surface area (Å²) in [7, 11) is 0. The molecule has 9 aliphatic rings. The number of hydrogen-bond donors (Lipinski definition) is 8. The molecule has 0 radical (unpaired) electrons. The van der Waals surface area contributed by atoms with E-state index in [9.17, 15) is 38.4 Å². The Morgan fingerprint density at radius 3 is 0.568 bits per heavy atom. The molecule has 9 fully saturated rings. The van der Waals surface area contributed by atoms with Crippen LogP contribution in [0.5, 0.6) is 0 Å². The zero-order valence-corrected chi connectivity index (χ0v) is 22.3. The van der Waals surface area contributed by atoms with E-state index in [0.29, 0.717) is 0 Å². The number of urea groups is 8. The first-order valence-electron chi connectivity index (χ1n) is 13.7. The standard InChI is InChI=1S/C20H24N16O8/c37-13-21-5-7(23-13)31-2-33-9-11(27-15(39)25-9)35(19(33)43)4-36-12-10(26-16(40)28-12)34(20(36)44)3-32-8-6(22-14(38)24-8)30(18(32)42)1-29(5)17(31)41/h5-12H,1-4H2,(H2,21,23,37)(H2,22,24,38)(H2,25,27,39)(H2,26,28,40). The highest BCUT2D eigenvalue weighted by molar-refractivity contribution is 5.90. The number of carbonyl (C=O) groups excluding carboxylic acids is 8. The number of amides is 16. The lowest BCUT2D eigenvalue weighted by atomic mass is 10.3. The number of carbonyl (C=O) groups is 8. The van der Waals surface area contributed by atoms with E-state index in [2.05, 4.69) is 42.5 Å². The van der Waals surface area contributed by atoms with Crippen LogP contribution in [0.25, 0.3) is 0 Å². The predicted octanol–water partition coefficient (Wildman–Crippen LogP) is -5.36. The molecule has 0 aromatic heterocycles. The Kier molecular flexibility index (Phi) is 4.47. The van der Waals surface area contributed by atoms with Gasteiger partial charge in [0.2, 0.25) is 0 Å². The summed E-state index contributed by atoms with van der Waals surface area (Å²) in [4.78, 5) is 115. The molecule has 8 atom stereocenters. The third kappa shape index (κ3) is 3.00. The quantitative estimate of drug-likeness (QED) is 0.130. The summed E-state index contributed by atoms with van der Waals surface area (Å²) in [5.74, 6) is 0. The monoisotopic (exact) mass is 616 g/mol. The van der Waals surface area contributed by atoms with Crippen molar-refractivity contribution in [3.8, 4) is 0 Å². The summed E-state index contributed by atoms with van der Waals surface area (Å²) in [6, 6.07) is -4.87. The smallest absolute Gasteiger partial charge is 0.314 e. The number of rotatable bonds is 0. The van der Waals surface area contributed by atoms with E-state index < -0.39 is 97.6 Å². The minimum atomic E-state index is -0.954. The van der Waals surface area contributed by atoms with Gasteiger partial charge in [-0.2, -0.15) is 0 Å². The van der Waals surface area contributed by atoms with Gasteiger partial charge in [-0.3, -0.25) is 39.2 Å². The zero-order valence-electron chi connectivity index (χ0n) is 22.3. The SMILES string of the molecule is O=C1NC2C(N1)N1CN3C(=O)N(CN4C(=O)N(CN5C(=O)N(CN2C1=O)C1NC(=O)NC15)C1NC(=O)NC14)C1NC(=O)NC13. The molecule has 232 valence electrons. The van der Waals surface area contributed by atoms with Gasteiger partial charge in [0.05, 0.1) is 0 Å². The normalized spacial score (nSPS) is 38.2. The molecule has 8 unspecified atom stereocenters. The van der Waals surface area contributed by atoms with Gasteiger partial charge in [0.1, 0.15) is 76.0 Å². The molecule has 9 heterocycles. The molecule has 24 nitrogen and oxygen atoms in total. The molecule has 8 bridgehead atoms. The van der Waals surface area contributed by atoms with E-state index in [1.807, 2.05) is 0 Å². The molecule has 8 N–H and O–H groups in total. The van der Waals surface area contributed by atoms with Gasteiger partial charge < -0.3 is 42.5 Å². The van der Waals surface area contributed by atoms with Crippen molar-refractivity contribution >= 4 is 48.2 Å². The molecule has 24 heteroatoms. The Morgan fingerprint density at radius 2 is 0.432 bits per heavy atom. The van der Waals surface area contributed by atoms with Crippen molar-refractivity contribution in [3.63, 3.8) is 0 Å². The first kappa shape index (κ1) is 24.7. The summed E-state index contributed by atoms with van der Waals surface area (Å²) < 4.78 is 0. The van der Waals surface area contributed by atoms with E-state index in [1.54, 1.807) is 0 Å². The highest BCUT2D eigenvalue weighted by atomic mass is 16.2. The van der Waals surface area contributed by atoms with Crippen molar-refractivity contribution in [3.05, 3.63) is 0 Å². The molecule has 0 aliphatic carbocycles. The summed E-state index contributed by atoms with van der Waals surface area (Å²) >= 11 is 0. The van der Waals surface area contributed by atoms with Gasteiger partial charge in [-0.1, -0.05) is 0 Å². The summed E-state index contributed by atoms with van der Waals surface area (Å²) in [6.45, 7) is -1.53. The predicted molar refractivity (Wildman–Crippen MR) is 133 cm³/mol. The zero-order chi connectivity index (χ0) is 30.3. The number of nitrogens with one attached hydrogen (secondary N) is 8. The van der Waals surface area contributed by atoms with Crippen LogP contribution in [0.3, 0.4) is 0 Å². The van der Waals surface area contributed by atoms with Crippen LogP contribution >= 0.6 is 0 Å². The van der Waals surface area contributed by atoms with Crippen molar-refractivity contribution < 1.29 is 38.4 Å². The maximum absolute atomic E-state index is 13.9. The van der Waals surface area contributed by atoms with Crippen LogP contribution in [-0.2, 0) is 0 Å². The molecule has 9 rings (SSSR count). The molecule has 44 heavy (non-hydrogen) atoms. The first-order valence-corrected chi connectivity index (χ1v) is 13.7. The maximum Gasteiger partial charge on any atom is 0.326 e. The minimum Gasteiger partial charge on any atom is -0.314 e.